The molecular weight excluding hydrogens is 420 g/mol. The summed E-state index contributed by atoms with van der Waals surface area (Å²) in [6.07, 6.45) is 0.683. The van der Waals surface area contributed by atoms with Gasteiger partial charge in [-0.2, -0.15) is 0 Å². The largest absolute Gasteiger partial charge is 0.397 e. The van der Waals surface area contributed by atoms with Crippen LogP contribution in [-0.4, -0.2) is 43.6 Å². The Bertz CT molecular complexity index is 1090. The molecule has 1 aliphatic rings. The first-order chi connectivity index (χ1) is 14.4. The lowest BCUT2D eigenvalue weighted by Gasteiger charge is -2.30. The van der Waals surface area contributed by atoms with E-state index in [1.165, 1.54) is 11.3 Å². The number of nitrogens with one attached hydrogen (secondary N) is 2. The quantitative estimate of drug-likeness (QED) is 0.481. The number of piperazine rings is 1. The van der Waals surface area contributed by atoms with Gasteiger partial charge in [-0.1, -0.05) is 17.7 Å². The van der Waals surface area contributed by atoms with E-state index >= 15 is 0 Å². The summed E-state index contributed by atoms with van der Waals surface area (Å²) in [7, 11) is 0. The summed E-state index contributed by atoms with van der Waals surface area (Å²) in [5, 5.41) is 7.84. The summed E-state index contributed by atoms with van der Waals surface area (Å²) < 4.78 is 0. The Hall–Kier alpha value is -2.55. The Kier molecular flexibility index (Phi) is 5.99. The van der Waals surface area contributed by atoms with Gasteiger partial charge in [0.1, 0.15) is 15.5 Å². The second-order valence-electron chi connectivity index (χ2n) is 7.42. The van der Waals surface area contributed by atoms with Gasteiger partial charge in [-0.25, -0.2) is 4.98 Å². The number of carbonyl (C=O) groups is 1. The number of nitrogen functional groups attached to an aromatic ring is 2. The Morgan fingerprint density at radius 2 is 2.07 bits per heavy atom. The van der Waals surface area contributed by atoms with Crippen LogP contribution in [0.1, 0.15) is 20.8 Å². The third-order valence-electron chi connectivity index (χ3n) is 5.29. The standard InChI is InChI=1S/C21H25ClN6OS/c1-12-10-16(23)27-21-17(12)18(24)19(30-21)20(29)26-5-4-13-2-3-15(14(22)11-13)28-8-6-25-7-9-28/h2-3,10-11,25H,4-9,24H2,1H3,(H2,23,27)(H,26,29). The van der Waals surface area contributed by atoms with Gasteiger partial charge in [-0.3, -0.25) is 4.79 Å². The molecule has 0 spiro atoms. The fourth-order valence-corrected chi connectivity index (χ4v) is 5.19. The minimum atomic E-state index is -0.197. The maximum Gasteiger partial charge on any atom is 0.263 e. The highest BCUT2D eigenvalue weighted by molar-refractivity contribution is 7.21. The highest BCUT2D eigenvalue weighted by Gasteiger charge is 2.19. The van der Waals surface area contributed by atoms with Crippen molar-refractivity contribution in [1.29, 1.82) is 0 Å². The minimum absolute atomic E-state index is 0.197. The minimum Gasteiger partial charge on any atom is -0.397 e. The Morgan fingerprint density at radius 3 is 2.80 bits per heavy atom. The molecule has 1 amide bonds. The van der Waals surface area contributed by atoms with E-state index in [9.17, 15) is 4.79 Å². The van der Waals surface area contributed by atoms with Crippen LogP contribution in [0, 0.1) is 6.92 Å². The molecule has 0 radical (unpaired) electrons. The molecule has 0 saturated carbocycles. The zero-order valence-corrected chi connectivity index (χ0v) is 18.4. The molecule has 7 nitrogen and oxygen atoms in total. The average Bonchev–Trinajstić information content (AvgIpc) is 3.05. The molecule has 0 atom stereocenters. The Balaban J connectivity index is 1.40. The number of hydrogen-bond donors (Lipinski definition) is 4. The number of benzene rings is 1. The number of halogens is 1. The number of nitrogens with two attached hydrogens (primary N) is 2. The first kappa shape index (κ1) is 20.7. The summed E-state index contributed by atoms with van der Waals surface area (Å²) in [5.74, 6) is 0.228. The second kappa shape index (κ2) is 8.67. The monoisotopic (exact) mass is 444 g/mol. The molecule has 0 bridgehead atoms. The number of anilines is 3. The van der Waals surface area contributed by atoms with E-state index in [0.717, 1.165) is 53.4 Å². The van der Waals surface area contributed by atoms with Crippen LogP contribution in [0.15, 0.2) is 24.3 Å². The lowest BCUT2D eigenvalue weighted by Crippen LogP contribution is -2.43. The van der Waals surface area contributed by atoms with Crippen LogP contribution in [0.2, 0.25) is 5.02 Å². The van der Waals surface area contributed by atoms with E-state index in [4.69, 9.17) is 23.1 Å². The number of pyridine rings is 1. The van der Waals surface area contributed by atoms with Crippen molar-refractivity contribution < 1.29 is 4.79 Å². The van der Waals surface area contributed by atoms with E-state index in [0.29, 0.717) is 34.2 Å². The molecule has 6 N–H and O–H groups in total. The first-order valence-corrected chi connectivity index (χ1v) is 11.1. The van der Waals surface area contributed by atoms with Crippen LogP contribution in [0.5, 0.6) is 0 Å². The van der Waals surface area contributed by atoms with Crippen molar-refractivity contribution in [1.82, 2.24) is 15.6 Å². The molecule has 4 rings (SSSR count). The fourth-order valence-electron chi connectivity index (χ4n) is 3.77. The van der Waals surface area contributed by atoms with Gasteiger partial charge in [0.15, 0.2) is 0 Å². The van der Waals surface area contributed by atoms with E-state index in [1.54, 1.807) is 6.07 Å². The molecule has 1 saturated heterocycles. The topological polar surface area (TPSA) is 109 Å². The third kappa shape index (κ3) is 4.16. The molecule has 30 heavy (non-hydrogen) atoms. The smallest absolute Gasteiger partial charge is 0.263 e. The van der Waals surface area contributed by atoms with Gasteiger partial charge < -0.3 is 27.0 Å². The van der Waals surface area contributed by atoms with E-state index in [2.05, 4.69) is 32.7 Å². The molecule has 9 heteroatoms. The summed E-state index contributed by atoms with van der Waals surface area (Å²) in [5.41, 5.74) is 15.6. The molecule has 0 aliphatic carbocycles. The van der Waals surface area contributed by atoms with Crippen molar-refractivity contribution in [2.45, 2.75) is 13.3 Å². The van der Waals surface area contributed by atoms with Gasteiger partial charge in [0.2, 0.25) is 0 Å². The first-order valence-electron chi connectivity index (χ1n) is 9.91. The van der Waals surface area contributed by atoms with E-state index in [-0.39, 0.29) is 5.91 Å². The van der Waals surface area contributed by atoms with Gasteiger partial charge in [0.25, 0.3) is 5.91 Å². The van der Waals surface area contributed by atoms with Crippen molar-refractivity contribution in [3.63, 3.8) is 0 Å². The molecule has 1 fully saturated rings. The molecule has 1 aliphatic heterocycles. The summed E-state index contributed by atoms with van der Waals surface area (Å²) in [6.45, 7) is 6.24. The molecule has 2 aromatic heterocycles. The highest BCUT2D eigenvalue weighted by atomic mass is 35.5. The average molecular weight is 445 g/mol. The maximum atomic E-state index is 12.7. The number of aromatic nitrogens is 1. The van der Waals surface area contributed by atoms with E-state index in [1.807, 2.05) is 13.0 Å². The normalized spacial score (nSPS) is 14.3. The number of nitrogens with zero attached hydrogens (tertiary/aromatic N) is 2. The Labute approximate surface area is 184 Å². The molecule has 0 unspecified atom stereocenters. The number of hydrogen-bond acceptors (Lipinski definition) is 7. The van der Waals surface area contributed by atoms with Crippen LogP contribution in [-0.2, 0) is 6.42 Å². The number of fused-ring (bicyclic) bond motifs is 1. The van der Waals surface area contributed by atoms with Gasteiger partial charge in [-0.05, 0) is 42.7 Å². The van der Waals surface area contributed by atoms with Crippen LogP contribution < -0.4 is 27.0 Å². The lowest BCUT2D eigenvalue weighted by molar-refractivity contribution is 0.0959. The zero-order valence-electron chi connectivity index (χ0n) is 16.8. The van der Waals surface area contributed by atoms with Gasteiger partial charge >= 0.3 is 0 Å². The fraction of sp³-hybridized carbons (Fsp3) is 0.333. The molecular formula is C21H25ClN6OS. The van der Waals surface area contributed by atoms with Gasteiger partial charge in [-0.15, -0.1) is 11.3 Å². The summed E-state index contributed by atoms with van der Waals surface area (Å²) >= 11 is 7.78. The van der Waals surface area contributed by atoms with E-state index < -0.39 is 0 Å². The lowest BCUT2D eigenvalue weighted by atomic mass is 10.1. The van der Waals surface area contributed by atoms with Crippen LogP contribution >= 0.6 is 22.9 Å². The number of thiophene rings is 1. The summed E-state index contributed by atoms with van der Waals surface area (Å²) in [6, 6.07) is 7.88. The summed E-state index contributed by atoms with van der Waals surface area (Å²) in [4.78, 5) is 20.4. The van der Waals surface area contributed by atoms with Crippen molar-refractivity contribution in [2.75, 3.05) is 49.1 Å². The molecule has 3 heterocycles. The molecule has 1 aromatic carbocycles. The van der Waals surface area contributed by atoms with Crippen LogP contribution in [0.25, 0.3) is 10.2 Å². The predicted octanol–water partition coefficient (Wildman–Crippen LogP) is 2.80. The van der Waals surface area contributed by atoms with Crippen molar-refractivity contribution >= 4 is 56.3 Å². The number of aryl methyl sites for hydroxylation is 1. The maximum absolute atomic E-state index is 12.7. The zero-order chi connectivity index (χ0) is 21.3. The van der Waals surface area contributed by atoms with Gasteiger partial charge in [0.05, 0.1) is 16.4 Å². The van der Waals surface area contributed by atoms with Crippen LogP contribution in [0.3, 0.4) is 0 Å². The van der Waals surface area contributed by atoms with Crippen LogP contribution in [0.4, 0.5) is 17.2 Å². The van der Waals surface area contributed by atoms with Crippen molar-refractivity contribution in [3.05, 3.63) is 45.3 Å². The molecule has 158 valence electrons. The van der Waals surface area contributed by atoms with Crippen molar-refractivity contribution in [3.8, 4) is 0 Å². The molecule has 3 aromatic rings. The van der Waals surface area contributed by atoms with Crippen molar-refractivity contribution in [2.24, 2.45) is 0 Å². The predicted molar refractivity (Wildman–Crippen MR) is 126 cm³/mol. The second-order valence-corrected chi connectivity index (χ2v) is 8.82. The van der Waals surface area contributed by atoms with Gasteiger partial charge in [0, 0.05) is 38.1 Å². The third-order valence-corrected chi connectivity index (χ3v) is 6.69. The Morgan fingerprint density at radius 1 is 1.30 bits per heavy atom. The number of amides is 1. The highest BCUT2D eigenvalue weighted by Crippen LogP contribution is 2.35. The SMILES string of the molecule is Cc1cc(N)nc2sc(C(=O)NCCc3ccc(N4CCNCC4)c(Cl)c3)c(N)c12. The number of rotatable bonds is 5. The number of carbonyl (C=O) groups excluding carboxylic acids is 1.